The van der Waals surface area contributed by atoms with Gasteiger partial charge in [0.1, 0.15) is 0 Å². The summed E-state index contributed by atoms with van der Waals surface area (Å²) in [7, 11) is 3.57. The summed E-state index contributed by atoms with van der Waals surface area (Å²) in [5.74, 6) is 0.983. The van der Waals surface area contributed by atoms with Gasteiger partial charge in [0.25, 0.3) is 0 Å². The topological polar surface area (TPSA) is 46.5 Å². The minimum absolute atomic E-state index is 0.0215. The van der Waals surface area contributed by atoms with Crippen LogP contribution in [-0.4, -0.2) is 34.3 Å². The van der Waals surface area contributed by atoms with E-state index in [0.717, 1.165) is 18.6 Å². The van der Waals surface area contributed by atoms with Crippen molar-refractivity contribution in [3.63, 3.8) is 0 Å². The second-order valence-electron chi connectivity index (χ2n) is 4.31. The number of ether oxygens (including phenoxy) is 1. The summed E-state index contributed by atoms with van der Waals surface area (Å²) < 4.78 is 5.06. The molecule has 4 unspecified atom stereocenters. The Morgan fingerprint density at radius 3 is 2.94 bits per heavy atom. The van der Waals surface area contributed by atoms with Crippen LogP contribution in [0.5, 0.6) is 0 Å². The van der Waals surface area contributed by atoms with Crippen LogP contribution < -0.4 is 0 Å². The van der Waals surface area contributed by atoms with E-state index in [9.17, 15) is 9.90 Å². The third-order valence-corrected chi connectivity index (χ3v) is 6.84. The summed E-state index contributed by atoms with van der Waals surface area (Å²) in [6, 6.07) is 0. The van der Waals surface area contributed by atoms with Crippen molar-refractivity contribution in [3.8, 4) is 0 Å². The van der Waals surface area contributed by atoms with Crippen molar-refractivity contribution in [2.75, 3.05) is 12.4 Å². The number of aliphatic hydroxyl groups excluding tert-OH is 1. The zero-order valence-corrected chi connectivity index (χ0v) is 11.3. The first kappa shape index (κ1) is 12.6. The highest BCUT2D eigenvalue weighted by molar-refractivity contribution is 8.77. The van der Waals surface area contributed by atoms with Crippen LogP contribution in [0, 0.1) is 11.8 Å². The van der Waals surface area contributed by atoms with Gasteiger partial charge in [-0.2, -0.15) is 0 Å². The lowest BCUT2D eigenvalue weighted by atomic mass is 10.1. The fourth-order valence-corrected chi connectivity index (χ4v) is 5.89. The van der Waals surface area contributed by atoms with E-state index in [4.69, 9.17) is 4.74 Å². The van der Waals surface area contributed by atoms with Gasteiger partial charge in [-0.1, -0.05) is 28.5 Å². The van der Waals surface area contributed by atoms with Gasteiger partial charge in [0, 0.05) is 16.4 Å². The Kier molecular flexibility index (Phi) is 3.76. The van der Waals surface area contributed by atoms with Gasteiger partial charge >= 0.3 is 5.97 Å². The van der Waals surface area contributed by atoms with Gasteiger partial charge in [-0.25, -0.2) is 0 Å². The third-order valence-electron chi connectivity index (χ3n) is 3.46. The van der Waals surface area contributed by atoms with Gasteiger partial charge in [-0.15, -0.1) is 0 Å². The smallest absolute Gasteiger partial charge is 0.310 e. The fourth-order valence-electron chi connectivity index (χ4n) is 2.76. The lowest BCUT2D eigenvalue weighted by molar-refractivity contribution is -0.145. The molecule has 0 amide bonds. The molecule has 92 valence electrons. The quantitative estimate of drug-likeness (QED) is 0.607. The van der Waals surface area contributed by atoms with Crippen LogP contribution in [0.3, 0.4) is 0 Å². The van der Waals surface area contributed by atoms with Crippen LogP contribution in [0.15, 0.2) is 0 Å². The summed E-state index contributed by atoms with van der Waals surface area (Å²) in [5.41, 5.74) is 0. The molecule has 4 atom stereocenters. The van der Waals surface area contributed by atoms with Crippen molar-refractivity contribution < 1.29 is 14.6 Å². The summed E-state index contributed by atoms with van der Waals surface area (Å²) >= 11 is 0. The average molecular weight is 262 g/mol. The number of hydrogen-bond donors (Lipinski definition) is 1. The van der Waals surface area contributed by atoms with Crippen molar-refractivity contribution in [1.29, 1.82) is 0 Å². The Balaban J connectivity index is 2.02. The molecule has 5 heteroatoms. The molecule has 2 saturated carbocycles. The predicted octanol–water partition coefficient (Wildman–Crippen LogP) is 2.09. The lowest BCUT2D eigenvalue weighted by Gasteiger charge is -2.12. The minimum Gasteiger partial charge on any atom is -0.466 e. The molecule has 0 aromatic carbocycles. The van der Waals surface area contributed by atoms with Gasteiger partial charge in [0.2, 0.25) is 0 Å². The molecular weight excluding hydrogens is 244 g/mol. The number of esters is 1. The second-order valence-corrected chi connectivity index (χ2v) is 7.25. The number of carbonyl (C=O) groups is 1. The lowest BCUT2D eigenvalue weighted by Crippen LogP contribution is -2.17. The van der Waals surface area contributed by atoms with Gasteiger partial charge in [-0.05, 0) is 19.8 Å². The van der Waals surface area contributed by atoms with E-state index in [1.165, 1.54) is 0 Å². The molecule has 16 heavy (non-hydrogen) atoms. The maximum atomic E-state index is 11.8. The maximum absolute atomic E-state index is 11.8. The zero-order chi connectivity index (χ0) is 11.8. The molecule has 0 radical (unpaired) electrons. The molecule has 2 rings (SSSR count). The summed E-state index contributed by atoms with van der Waals surface area (Å²) in [6.07, 6.45) is 1.47. The Labute approximate surface area is 104 Å². The Morgan fingerprint density at radius 2 is 2.31 bits per heavy atom. The number of fused-ring (bicyclic) bond motifs is 1. The molecule has 0 aromatic heterocycles. The van der Waals surface area contributed by atoms with E-state index in [2.05, 4.69) is 6.92 Å². The van der Waals surface area contributed by atoms with Gasteiger partial charge in [-0.3, -0.25) is 4.79 Å². The molecule has 2 aliphatic rings. The largest absolute Gasteiger partial charge is 0.466 e. The predicted molar refractivity (Wildman–Crippen MR) is 67.3 cm³/mol. The molecule has 3 nitrogen and oxygen atoms in total. The van der Waals surface area contributed by atoms with E-state index in [0.29, 0.717) is 6.61 Å². The molecule has 0 bridgehead atoms. The van der Waals surface area contributed by atoms with Gasteiger partial charge < -0.3 is 9.84 Å². The number of hydrogen-bond acceptors (Lipinski definition) is 5. The first-order chi connectivity index (χ1) is 7.67. The number of carbonyl (C=O) groups excluding carboxylic acids is 1. The van der Waals surface area contributed by atoms with E-state index < -0.39 is 0 Å². The average Bonchev–Trinajstić information content (AvgIpc) is 2.83. The Bertz CT molecular complexity index is 284. The SMILES string of the molecule is CCOC(=O)C1C2C(O)CCC12SSCC. The van der Waals surface area contributed by atoms with Crippen LogP contribution in [0.1, 0.15) is 26.7 Å². The number of aliphatic hydroxyl groups is 1. The fraction of sp³-hybridized carbons (Fsp3) is 0.909. The molecule has 2 aliphatic carbocycles. The monoisotopic (exact) mass is 262 g/mol. The minimum atomic E-state index is -0.306. The Morgan fingerprint density at radius 1 is 1.56 bits per heavy atom. The molecule has 0 heterocycles. The maximum Gasteiger partial charge on any atom is 0.310 e. The van der Waals surface area contributed by atoms with Crippen molar-refractivity contribution in [2.24, 2.45) is 11.8 Å². The molecule has 1 N–H and O–H groups in total. The van der Waals surface area contributed by atoms with Crippen molar-refractivity contribution in [1.82, 2.24) is 0 Å². The molecular formula is C11H18O3S2. The van der Waals surface area contributed by atoms with Crippen molar-refractivity contribution in [3.05, 3.63) is 0 Å². The molecule has 0 aromatic rings. The summed E-state index contributed by atoms with van der Waals surface area (Å²) in [5, 5.41) is 9.86. The summed E-state index contributed by atoms with van der Waals surface area (Å²) in [6.45, 7) is 4.36. The Hall–Kier alpha value is 0.130. The zero-order valence-electron chi connectivity index (χ0n) is 9.64. The van der Waals surface area contributed by atoms with Crippen LogP contribution in [0.4, 0.5) is 0 Å². The number of rotatable bonds is 5. The first-order valence-corrected chi connectivity index (χ1v) is 8.14. The molecule has 0 spiro atoms. The highest BCUT2D eigenvalue weighted by Gasteiger charge is 2.74. The molecule has 0 aliphatic heterocycles. The van der Waals surface area contributed by atoms with E-state index in [-0.39, 0.29) is 28.7 Å². The highest BCUT2D eigenvalue weighted by atomic mass is 33.1. The second kappa shape index (κ2) is 4.78. The van der Waals surface area contributed by atoms with Crippen LogP contribution in [0.2, 0.25) is 0 Å². The normalized spacial score (nSPS) is 40.6. The summed E-state index contributed by atoms with van der Waals surface area (Å²) in [4.78, 5) is 11.8. The highest BCUT2D eigenvalue weighted by Crippen LogP contribution is 2.71. The van der Waals surface area contributed by atoms with Crippen LogP contribution in [0.25, 0.3) is 0 Å². The van der Waals surface area contributed by atoms with Crippen LogP contribution in [-0.2, 0) is 9.53 Å². The third kappa shape index (κ3) is 1.87. The molecule has 2 fully saturated rings. The van der Waals surface area contributed by atoms with Crippen molar-refractivity contribution in [2.45, 2.75) is 37.5 Å². The van der Waals surface area contributed by atoms with E-state index in [1.807, 2.05) is 6.92 Å². The van der Waals surface area contributed by atoms with Gasteiger partial charge in [0.05, 0.1) is 18.6 Å². The molecule has 0 saturated heterocycles. The van der Waals surface area contributed by atoms with Crippen LogP contribution >= 0.6 is 21.6 Å². The first-order valence-electron chi connectivity index (χ1n) is 5.82. The van der Waals surface area contributed by atoms with Gasteiger partial charge in [0.15, 0.2) is 0 Å². The van der Waals surface area contributed by atoms with E-state index >= 15 is 0 Å². The van der Waals surface area contributed by atoms with Crippen molar-refractivity contribution >= 4 is 27.6 Å². The van der Waals surface area contributed by atoms with E-state index in [1.54, 1.807) is 21.6 Å². The standard InChI is InChI=1S/C11H18O3S2/c1-3-14-10(13)9-8-7(12)5-6-11(8,9)16-15-4-2/h7-9,12H,3-6H2,1-2H3.